The molecule has 0 fully saturated rings. The lowest BCUT2D eigenvalue weighted by Gasteiger charge is -2.36. The van der Waals surface area contributed by atoms with E-state index in [0.717, 1.165) is 42.7 Å². The van der Waals surface area contributed by atoms with E-state index in [1.165, 1.54) is 0 Å². The minimum Gasteiger partial charge on any atom is -0.487 e. The molecule has 6 nitrogen and oxygen atoms in total. The van der Waals surface area contributed by atoms with Crippen molar-refractivity contribution in [3.8, 4) is 11.5 Å². The van der Waals surface area contributed by atoms with Gasteiger partial charge in [0.2, 0.25) is 0 Å². The van der Waals surface area contributed by atoms with Gasteiger partial charge in [-0.05, 0) is 70.2 Å². The number of carbonyl (C=O) groups excluding carboxylic acids is 1. The fourth-order valence-corrected chi connectivity index (χ4v) is 3.07. The highest BCUT2D eigenvalue weighted by Gasteiger charge is 2.31. The van der Waals surface area contributed by atoms with Gasteiger partial charge in [-0.3, -0.25) is 0 Å². The molecule has 1 unspecified atom stereocenters. The molecule has 1 atom stereocenters. The molecule has 1 aliphatic rings. The van der Waals surface area contributed by atoms with E-state index >= 15 is 0 Å². The smallest absolute Gasteiger partial charge is 0.333 e. The van der Waals surface area contributed by atoms with E-state index in [1.54, 1.807) is 14.0 Å². The van der Waals surface area contributed by atoms with Gasteiger partial charge in [-0.25, -0.2) is 4.79 Å². The highest BCUT2D eigenvalue weighted by atomic mass is 16.7. The number of fused-ring (bicyclic) bond motifs is 1. The summed E-state index contributed by atoms with van der Waals surface area (Å²) in [5.41, 5.74) is 1.55. The number of benzene rings is 1. The first kappa shape index (κ1) is 22.2. The van der Waals surface area contributed by atoms with Crippen molar-refractivity contribution in [1.29, 1.82) is 0 Å². The van der Waals surface area contributed by atoms with Crippen molar-refractivity contribution in [3.63, 3.8) is 0 Å². The number of aryl methyl sites for hydroxylation is 1. The van der Waals surface area contributed by atoms with Gasteiger partial charge in [0.15, 0.2) is 6.79 Å². The minimum atomic E-state index is -0.249. The van der Waals surface area contributed by atoms with Crippen LogP contribution >= 0.6 is 0 Å². The molecule has 6 heteroatoms. The molecule has 156 valence electrons. The second-order valence-electron chi connectivity index (χ2n) is 7.13. The molecule has 0 radical (unpaired) electrons. The maximum Gasteiger partial charge on any atom is 0.333 e. The summed E-state index contributed by atoms with van der Waals surface area (Å²) in [4.78, 5) is 11.7. The molecular formula is C22H32O6. The zero-order chi connectivity index (χ0) is 20.4. The Morgan fingerprint density at radius 2 is 2.14 bits per heavy atom. The predicted octanol–water partition coefficient (Wildman–Crippen LogP) is 4.06. The Morgan fingerprint density at radius 3 is 2.89 bits per heavy atom. The first-order chi connectivity index (χ1) is 13.5. The van der Waals surface area contributed by atoms with Gasteiger partial charge < -0.3 is 23.7 Å². The highest BCUT2D eigenvalue weighted by molar-refractivity contribution is 5.87. The highest BCUT2D eigenvalue weighted by Crippen LogP contribution is 2.37. The molecule has 0 aliphatic carbocycles. The molecule has 2 rings (SSSR count). The third-order valence-corrected chi connectivity index (χ3v) is 4.77. The topological polar surface area (TPSA) is 63.2 Å². The lowest BCUT2D eigenvalue weighted by Crippen LogP contribution is -2.36. The first-order valence-corrected chi connectivity index (χ1v) is 9.82. The van der Waals surface area contributed by atoms with Crippen LogP contribution < -0.4 is 9.47 Å². The minimum absolute atomic E-state index is 0.201. The predicted molar refractivity (Wildman–Crippen MR) is 107 cm³/mol. The largest absolute Gasteiger partial charge is 0.487 e. The number of hydrogen-bond acceptors (Lipinski definition) is 6. The van der Waals surface area contributed by atoms with Crippen LogP contribution in [0.15, 0.2) is 29.8 Å². The van der Waals surface area contributed by atoms with Crippen LogP contribution in [0.1, 0.15) is 45.6 Å². The van der Waals surface area contributed by atoms with Gasteiger partial charge in [-0.2, -0.15) is 0 Å². The van der Waals surface area contributed by atoms with Crippen LogP contribution in [-0.2, 0) is 25.4 Å². The van der Waals surface area contributed by atoms with E-state index in [1.807, 2.05) is 31.2 Å². The lowest BCUT2D eigenvalue weighted by molar-refractivity contribution is -0.138. The summed E-state index contributed by atoms with van der Waals surface area (Å²) >= 11 is 0. The van der Waals surface area contributed by atoms with Gasteiger partial charge in [0.25, 0.3) is 0 Å². The van der Waals surface area contributed by atoms with E-state index < -0.39 is 0 Å². The summed E-state index contributed by atoms with van der Waals surface area (Å²) in [5, 5.41) is 0. The third kappa shape index (κ3) is 6.84. The molecular weight excluding hydrogens is 360 g/mol. The van der Waals surface area contributed by atoms with Gasteiger partial charge in [0, 0.05) is 12.7 Å². The van der Waals surface area contributed by atoms with Crippen molar-refractivity contribution in [3.05, 3.63) is 35.4 Å². The van der Waals surface area contributed by atoms with Gasteiger partial charge in [-0.15, -0.1) is 0 Å². The van der Waals surface area contributed by atoms with E-state index in [4.69, 9.17) is 23.7 Å². The quantitative estimate of drug-likeness (QED) is 0.245. The molecule has 0 amide bonds. The molecule has 0 N–H and O–H groups in total. The summed E-state index contributed by atoms with van der Waals surface area (Å²) < 4.78 is 27.2. The van der Waals surface area contributed by atoms with Gasteiger partial charge >= 0.3 is 5.97 Å². The molecule has 0 bridgehead atoms. The van der Waals surface area contributed by atoms with Crippen molar-refractivity contribution >= 4 is 5.97 Å². The lowest BCUT2D eigenvalue weighted by atomic mass is 9.88. The zero-order valence-corrected chi connectivity index (χ0v) is 17.4. The van der Waals surface area contributed by atoms with Crippen LogP contribution in [0.25, 0.3) is 0 Å². The van der Waals surface area contributed by atoms with Crippen molar-refractivity contribution in [2.75, 3.05) is 33.7 Å². The molecule has 0 spiro atoms. The van der Waals surface area contributed by atoms with Gasteiger partial charge in [0.05, 0.1) is 19.8 Å². The number of allylic oxidation sites excluding steroid dienone is 1. The van der Waals surface area contributed by atoms with Crippen molar-refractivity contribution in [1.82, 2.24) is 0 Å². The Labute approximate surface area is 167 Å². The summed E-state index contributed by atoms with van der Waals surface area (Å²) in [6.07, 6.45) is 5.39. The van der Waals surface area contributed by atoms with Crippen LogP contribution in [0.5, 0.6) is 11.5 Å². The molecule has 1 heterocycles. The number of esters is 1. The van der Waals surface area contributed by atoms with Crippen LogP contribution in [0.4, 0.5) is 0 Å². The summed E-state index contributed by atoms with van der Waals surface area (Å²) in [5.74, 6) is 1.42. The zero-order valence-electron chi connectivity index (χ0n) is 17.4. The standard InChI is InChI=1S/C22H32O6/c1-5-26-21(23)17(2)7-6-11-22(3)12-10-18-15-19(8-9-20(18)28-22)27-16-25-14-13-24-4/h7-9,15H,5-6,10-14,16H2,1-4H3. The monoisotopic (exact) mass is 392 g/mol. The van der Waals surface area contributed by atoms with Crippen molar-refractivity contribution in [2.24, 2.45) is 0 Å². The van der Waals surface area contributed by atoms with Gasteiger partial charge in [0.1, 0.15) is 17.1 Å². The van der Waals surface area contributed by atoms with E-state index in [0.29, 0.717) is 25.4 Å². The molecule has 0 saturated carbocycles. The summed E-state index contributed by atoms with van der Waals surface area (Å²) in [6.45, 7) is 7.38. The maximum absolute atomic E-state index is 11.7. The number of carbonyl (C=O) groups is 1. The number of ether oxygens (including phenoxy) is 5. The molecule has 1 aromatic carbocycles. The Bertz CT molecular complexity index is 669. The molecule has 1 aliphatic heterocycles. The van der Waals surface area contributed by atoms with Crippen molar-refractivity contribution in [2.45, 2.75) is 52.1 Å². The Morgan fingerprint density at radius 1 is 1.32 bits per heavy atom. The SMILES string of the molecule is CCOC(=O)C(C)=CCCC1(C)CCc2cc(OCOCCOC)ccc2O1. The molecule has 1 aromatic rings. The maximum atomic E-state index is 11.7. The average Bonchev–Trinajstić information content (AvgIpc) is 2.68. The fourth-order valence-electron chi connectivity index (χ4n) is 3.07. The van der Waals surface area contributed by atoms with Gasteiger partial charge in [-0.1, -0.05) is 6.08 Å². The Hall–Kier alpha value is -2.05. The van der Waals surface area contributed by atoms with Crippen LogP contribution in [0.2, 0.25) is 0 Å². The summed E-state index contributed by atoms with van der Waals surface area (Å²) in [6, 6.07) is 5.87. The van der Waals surface area contributed by atoms with E-state index in [-0.39, 0.29) is 18.4 Å². The van der Waals surface area contributed by atoms with Crippen LogP contribution in [0, 0.1) is 0 Å². The van der Waals surface area contributed by atoms with Crippen molar-refractivity contribution < 1.29 is 28.5 Å². The first-order valence-electron chi connectivity index (χ1n) is 9.82. The summed E-state index contributed by atoms with van der Waals surface area (Å²) in [7, 11) is 1.64. The molecule has 0 aromatic heterocycles. The van der Waals surface area contributed by atoms with Crippen LogP contribution in [0.3, 0.4) is 0 Å². The second kappa shape index (κ2) is 11.1. The average molecular weight is 392 g/mol. The number of rotatable bonds is 11. The Balaban J connectivity index is 1.86. The second-order valence-corrected chi connectivity index (χ2v) is 7.13. The number of methoxy groups -OCH3 is 1. The fraction of sp³-hybridized carbons (Fsp3) is 0.591. The molecule has 28 heavy (non-hydrogen) atoms. The molecule has 0 saturated heterocycles. The van der Waals surface area contributed by atoms with E-state index in [2.05, 4.69) is 6.92 Å². The third-order valence-electron chi connectivity index (χ3n) is 4.77. The van der Waals surface area contributed by atoms with E-state index in [9.17, 15) is 4.79 Å². The van der Waals surface area contributed by atoms with Crippen LogP contribution in [-0.4, -0.2) is 45.3 Å². The Kier molecular flexibility index (Phi) is 8.80. The number of hydrogen-bond donors (Lipinski definition) is 0. The normalized spacial score (nSPS) is 18.9.